The predicted molar refractivity (Wildman–Crippen MR) is 124 cm³/mol. The van der Waals surface area contributed by atoms with Crippen LogP contribution in [0, 0.1) is 5.92 Å². The third-order valence-corrected chi connectivity index (χ3v) is 6.36. The summed E-state index contributed by atoms with van der Waals surface area (Å²) in [7, 11) is 0. The molecule has 8 nitrogen and oxygen atoms in total. The molecule has 2 aromatic heterocycles. The first-order chi connectivity index (χ1) is 15.5. The van der Waals surface area contributed by atoms with E-state index in [2.05, 4.69) is 20.6 Å². The number of nitrogens with one attached hydrogen (secondary N) is 2. The zero-order valence-electron chi connectivity index (χ0n) is 17.1. The maximum Gasteiger partial charge on any atom is 0.261 e. The Morgan fingerprint density at radius 3 is 2.66 bits per heavy atom. The number of halogens is 1. The Morgan fingerprint density at radius 1 is 1.22 bits per heavy atom. The van der Waals surface area contributed by atoms with Gasteiger partial charge in [0.2, 0.25) is 5.89 Å². The van der Waals surface area contributed by atoms with E-state index in [0.717, 1.165) is 31.5 Å². The van der Waals surface area contributed by atoms with E-state index in [1.165, 1.54) is 17.6 Å². The second-order valence-electron chi connectivity index (χ2n) is 7.37. The minimum atomic E-state index is -0.218. The number of benzene rings is 1. The number of piperidine rings is 1. The van der Waals surface area contributed by atoms with Gasteiger partial charge in [-0.15, -0.1) is 11.3 Å². The lowest BCUT2D eigenvalue weighted by molar-refractivity contribution is -0.122. The zero-order valence-corrected chi connectivity index (χ0v) is 18.7. The van der Waals surface area contributed by atoms with Crippen LogP contribution in [0.15, 0.2) is 52.1 Å². The highest BCUT2D eigenvalue weighted by molar-refractivity contribution is 7.17. The zero-order chi connectivity index (χ0) is 22.5. The Balaban J connectivity index is 1.36. The van der Waals surface area contributed by atoms with Gasteiger partial charge in [0.25, 0.3) is 11.8 Å². The van der Waals surface area contributed by atoms with Crippen molar-refractivity contribution in [2.24, 2.45) is 16.6 Å². The number of hydrogen-bond donors (Lipinski definition) is 3. The standard InChI is InChI=1S/C22H22ClN5O3S/c23-18-6-5-17(32-18)21(30)26-11-16-12-31-22(27-16)15-3-1-13(2-4-15)19(24)28-20(29)14-7-9-25-10-8-14/h1-6,12,14,25H,7-11H2,(H,26,30)(H2,24,28,29). The lowest BCUT2D eigenvalue weighted by Crippen LogP contribution is -2.32. The van der Waals surface area contributed by atoms with Gasteiger partial charge < -0.3 is 20.8 Å². The lowest BCUT2D eigenvalue weighted by Gasteiger charge is -2.19. The molecular formula is C22H22ClN5O3S. The van der Waals surface area contributed by atoms with Crippen molar-refractivity contribution >= 4 is 40.6 Å². The van der Waals surface area contributed by atoms with Gasteiger partial charge in [0.1, 0.15) is 12.1 Å². The number of carbonyl (C=O) groups excluding carboxylic acids is 2. The van der Waals surface area contributed by atoms with Gasteiger partial charge in [0.15, 0.2) is 0 Å². The molecule has 4 rings (SSSR count). The number of nitrogens with zero attached hydrogens (tertiary/aromatic N) is 2. The number of thiophene rings is 1. The van der Waals surface area contributed by atoms with Crippen LogP contribution in [0.1, 0.15) is 33.8 Å². The van der Waals surface area contributed by atoms with E-state index in [9.17, 15) is 9.59 Å². The van der Waals surface area contributed by atoms with Crippen molar-refractivity contribution in [2.45, 2.75) is 19.4 Å². The average molecular weight is 472 g/mol. The minimum Gasteiger partial charge on any atom is -0.444 e. The number of aliphatic imine (C=N–C) groups is 1. The Hall–Kier alpha value is -3.01. The first kappa shape index (κ1) is 22.2. The van der Waals surface area contributed by atoms with Crippen molar-refractivity contribution in [3.05, 3.63) is 63.1 Å². The molecule has 3 heterocycles. The quantitative estimate of drug-likeness (QED) is 0.374. The molecule has 1 fully saturated rings. The number of oxazole rings is 1. The molecule has 1 aliphatic rings. The van der Waals surface area contributed by atoms with Crippen LogP contribution in [-0.2, 0) is 11.3 Å². The molecule has 1 saturated heterocycles. The summed E-state index contributed by atoms with van der Waals surface area (Å²) < 4.78 is 6.09. The monoisotopic (exact) mass is 471 g/mol. The third kappa shape index (κ3) is 5.42. The summed E-state index contributed by atoms with van der Waals surface area (Å²) >= 11 is 7.07. The van der Waals surface area contributed by atoms with Crippen molar-refractivity contribution in [1.29, 1.82) is 0 Å². The minimum absolute atomic E-state index is 0.0721. The molecular weight excluding hydrogens is 450 g/mol. The molecule has 2 amide bonds. The van der Waals surface area contributed by atoms with Crippen LogP contribution in [0.5, 0.6) is 0 Å². The fourth-order valence-corrected chi connectivity index (χ4v) is 4.30. The van der Waals surface area contributed by atoms with Gasteiger partial charge >= 0.3 is 0 Å². The fourth-order valence-electron chi connectivity index (χ4n) is 3.34. The number of nitrogens with two attached hydrogens (primary N) is 1. The van der Waals surface area contributed by atoms with Gasteiger partial charge in [-0.2, -0.15) is 4.99 Å². The van der Waals surface area contributed by atoms with Crippen LogP contribution in [0.2, 0.25) is 4.34 Å². The summed E-state index contributed by atoms with van der Waals surface area (Å²) in [5.74, 6) is 0.157. The van der Waals surface area contributed by atoms with E-state index in [1.54, 1.807) is 36.4 Å². The van der Waals surface area contributed by atoms with Crippen molar-refractivity contribution in [2.75, 3.05) is 13.1 Å². The van der Waals surface area contributed by atoms with Crippen LogP contribution >= 0.6 is 22.9 Å². The molecule has 4 N–H and O–H groups in total. The number of amidine groups is 1. The van der Waals surface area contributed by atoms with Crippen molar-refractivity contribution in [1.82, 2.24) is 15.6 Å². The summed E-state index contributed by atoms with van der Waals surface area (Å²) in [5.41, 5.74) is 8.03. The first-order valence-corrected chi connectivity index (χ1v) is 11.4. The van der Waals surface area contributed by atoms with Crippen molar-refractivity contribution in [3.8, 4) is 11.5 Å². The highest BCUT2D eigenvalue weighted by Crippen LogP contribution is 2.22. The number of hydrogen-bond acceptors (Lipinski definition) is 6. The maximum atomic E-state index is 12.3. The van der Waals surface area contributed by atoms with Gasteiger partial charge in [0, 0.05) is 17.0 Å². The second kappa shape index (κ2) is 10.1. The Kier molecular flexibility index (Phi) is 6.99. The normalized spacial score (nSPS) is 15.0. The topological polar surface area (TPSA) is 123 Å². The molecule has 0 unspecified atom stereocenters. The van der Waals surface area contributed by atoms with E-state index in [0.29, 0.717) is 26.4 Å². The molecule has 0 radical (unpaired) electrons. The Bertz CT molecular complexity index is 1130. The molecule has 3 aromatic rings. The number of rotatable bonds is 6. The molecule has 10 heteroatoms. The SMILES string of the molecule is NC(=NC(=O)C1CCNCC1)c1ccc(-c2nc(CNC(=O)c3ccc(Cl)s3)co2)cc1. The Labute approximate surface area is 193 Å². The molecule has 0 atom stereocenters. The van der Waals surface area contributed by atoms with Gasteiger partial charge in [-0.25, -0.2) is 4.98 Å². The van der Waals surface area contributed by atoms with Gasteiger partial charge in [-0.1, -0.05) is 23.7 Å². The Morgan fingerprint density at radius 2 is 1.97 bits per heavy atom. The average Bonchev–Trinajstić information content (AvgIpc) is 3.47. The highest BCUT2D eigenvalue weighted by Gasteiger charge is 2.21. The van der Waals surface area contributed by atoms with Crippen LogP contribution in [0.25, 0.3) is 11.5 Å². The van der Waals surface area contributed by atoms with Crippen LogP contribution in [-0.4, -0.2) is 35.7 Å². The summed E-state index contributed by atoms with van der Waals surface area (Å²) in [5, 5.41) is 6.01. The van der Waals surface area contributed by atoms with Crippen molar-refractivity contribution in [3.63, 3.8) is 0 Å². The van der Waals surface area contributed by atoms with Gasteiger partial charge in [-0.05, 0) is 50.2 Å². The molecule has 32 heavy (non-hydrogen) atoms. The summed E-state index contributed by atoms with van der Waals surface area (Å²) in [6.07, 6.45) is 3.06. The summed E-state index contributed by atoms with van der Waals surface area (Å²) in [6.45, 7) is 1.88. The summed E-state index contributed by atoms with van der Waals surface area (Å²) in [6, 6.07) is 10.5. The summed E-state index contributed by atoms with van der Waals surface area (Å²) in [4.78, 5) is 33.5. The van der Waals surface area contributed by atoms with E-state index in [4.69, 9.17) is 21.8 Å². The van der Waals surface area contributed by atoms with E-state index < -0.39 is 0 Å². The van der Waals surface area contributed by atoms with Gasteiger partial charge in [0.05, 0.1) is 21.5 Å². The van der Waals surface area contributed by atoms with E-state index in [-0.39, 0.29) is 30.1 Å². The molecule has 0 aliphatic carbocycles. The highest BCUT2D eigenvalue weighted by atomic mass is 35.5. The molecule has 0 saturated carbocycles. The van der Waals surface area contributed by atoms with Crippen LogP contribution < -0.4 is 16.4 Å². The fraction of sp³-hybridized carbons (Fsp3) is 0.273. The number of carbonyl (C=O) groups is 2. The molecule has 0 spiro atoms. The third-order valence-electron chi connectivity index (χ3n) is 5.13. The molecule has 0 bridgehead atoms. The predicted octanol–water partition coefficient (Wildman–Crippen LogP) is 3.22. The molecule has 1 aliphatic heterocycles. The van der Waals surface area contributed by atoms with Gasteiger partial charge in [-0.3, -0.25) is 9.59 Å². The van der Waals surface area contributed by atoms with E-state index >= 15 is 0 Å². The van der Waals surface area contributed by atoms with Crippen molar-refractivity contribution < 1.29 is 14.0 Å². The second-order valence-corrected chi connectivity index (χ2v) is 9.08. The number of amides is 2. The van der Waals surface area contributed by atoms with Crippen LogP contribution in [0.4, 0.5) is 0 Å². The largest absolute Gasteiger partial charge is 0.444 e. The smallest absolute Gasteiger partial charge is 0.261 e. The first-order valence-electron chi connectivity index (χ1n) is 10.2. The van der Waals surface area contributed by atoms with E-state index in [1.807, 2.05) is 0 Å². The number of aromatic nitrogens is 1. The molecule has 1 aromatic carbocycles. The maximum absolute atomic E-state index is 12.3. The van der Waals surface area contributed by atoms with Crippen LogP contribution in [0.3, 0.4) is 0 Å². The molecule has 166 valence electrons. The lowest BCUT2D eigenvalue weighted by atomic mass is 9.97.